The molecule has 15 heavy (non-hydrogen) atoms. The second-order valence-electron chi connectivity index (χ2n) is 4.30. The van der Waals surface area contributed by atoms with E-state index in [1.54, 1.807) is 16.8 Å². The summed E-state index contributed by atoms with van der Waals surface area (Å²) in [5.74, 6) is 0.840. The van der Waals surface area contributed by atoms with Gasteiger partial charge < -0.3 is 5.32 Å². The summed E-state index contributed by atoms with van der Waals surface area (Å²) >= 11 is 1.60. The largest absolute Gasteiger partial charge is 0.357 e. The molecule has 1 unspecified atom stereocenters. The van der Waals surface area contributed by atoms with Crippen LogP contribution in [-0.4, -0.2) is 16.2 Å². The van der Waals surface area contributed by atoms with E-state index in [1.165, 1.54) is 38.5 Å². The van der Waals surface area contributed by atoms with Crippen LogP contribution in [0.2, 0.25) is 0 Å². The van der Waals surface area contributed by atoms with E-state index >= 15 is 0 Å². The maximum atomic E-state index is 4.06. The molecule has 1 atom stereocenters. The van der Waals surface area contributed by atoms with Gasteiger partial charge in [0, 0.05) is 6.04 Å². The van der Waals surface area contributed by atoms with Crippen molar-refractivity contribution in [3.05, 3.63) is 5.51 Å². The van der Waals surface area contributed by atoms with Gasteiger partial charge in [0.15, 0.2) is 0 Å². The average Bonchev–Trinajstić information content (AvgIpc) is 2.80. The highest BCUT2D eigenvalue weighted by molar-refractivity contribution is 7.13. The monoisotopic (exact) mass is 225 g/mol. The zero-order valence-corrected chi connectivity index (χ0v) is 10.1. The van der Waals surface area contributed by atoms with Crippen molar-refractivity contribution in [2.45, 2.75) is 51.5 Å². The SMILES string of the molecule is CCC(Nc1nncs1)C1CCCCC1. The molecule has 84 valence electrons. The van der Waals surface area contributed by atoms with Crippen LogP contribution >= 0.6 is 11.3 Å². The standard InChI is InChI=1S/C11H19N3S/c1-2-10(9-6-4-3-5-7-9)13-11-14-12-8-15-11/h8-10H,2-7H2,1H3,(H,13,14). The molecule has 1 N–H and O–H groups in total. The quantitative estimate of drug-likeness (QED) is 0.854. The lowest BCUT2D eigenvalue weighted by atomic mass is 9.83. The molecule has 1 aromatic heterocycles. The van der Waals surface area contributed by atoms with Crippen molar-refractivity contribution >= 4 is 16.5 Å². The second kappa shape index (κ2) is 5.45. The maximum Gasteiger partial charge on any atom is 0.205 e. The molecule has 0 saturated heterocycles. The van der Waals surface area contributed by atoms with Crippen molar-refractivity contribution in [2.24, 2.45) is 5.92 Å². The fourth-order valence-corrected chi connectivity index (χ4v) is 2.99. The van der Waals surface area contributed by atoms with Gasteiger partial charge >= 0.3 is 0 Å². The molecule has 0 aromatic carbocycles. The topological polar surface area (TPSA) is 37.8 Å². The first-order valence-corrected chi connectivity index (χ1v) is 6.81. The third kappa shape index (κ3) is 2.91. The van der Waals surface area contributed by atoms with E-state index in [2.05, 4.69) is 22.4 Å². The first-order chi connectivity index (χ1) is 7.40. The molecule has 0 bridgehead atoms. The van der Waals surface area contributed by atoms with Gasteiger partial charge in [-0.2, -0.15) is 0 Å². The molecule has 3 nitrogen and oxygen atoms in total. The minimum absolute atomic E-state index is 0.596. The number of aromatic nitrogens is 2. The van der Waals surface area contributed by atoms with Gasteiger partial charge in [-0.15, -0.1) is 10.2 Å². The minimum atomic E-state index is 0.596. The summed E-state index contributed by atoms with van der Waals surface area (Å²) in [6, 6.07) is 0.596. The van der Waals surface area contributed by atoms with Crippen LogP contribution in [0.5, 0.6) is 0 Å². The average molecular weight is 225 g/mol. The Balaban J connectivity index is 1.91. The summed E-state index contributed by atoms with van der Waals surface area (Å²) in [5, 5.41) is 12.4. The third-order valence-corrected chi connectivity index (χ3v) is 3.95. The number of anilines is 1. The van der Waals surface area contributed by atoms with Crippen molar-refractivity contribution < 1.29 is 0 Å². The van der Waals surface area contributed by atoms with E-state index in [4.69, 9.17) is 0 Å². The van der Waals surface area contributed by atoms with Crippen molar-refractivity contribution in [1.82, 2.24) is 10.2 Å². The lowest BCUT2D eigenvalue weighted by Gasteiger charge is -2.29. The molecule has 2 rings (SSSR count). The number of nitrogens with zero attached hydrogens (tertiary/aromatic N) is 2. The van der Waals surface area contributed by atoms with Gasteiger partial charge in [-0.05, 0) is 25.2 Å². The lowest BCUT2D eigenvalue weighted by Crippen LogP contribution is -2.30. The summed E-state index contributed by atoms with van der Waals surface area (Å²) in [6.07, 6.45) is 8.17. The Kier molecular flexibility index (Phi) is 3.94. The van der Waals surface area contributed by atoms with E-state index in [-0.39, 0.29) is 0 Å². The third-order valence-electron chi connectivity index (χ3n) is 3.33. The van der Waals surface area contributed by atoms with Gasteiger partial charge in [-0.3, -0.25) is 0 Å². The maximum absolute atomic E-state index is 4.06. The Morgan fingerprint density at radius 3 is 2.87 bits per heavy atom. The predicted octanol–water partition coefficient (Wildman–Crippen LogP) is 3.31. The summed E-state index contributed by atoms with van der Waals surface area (Å²) in [7, 11) is 0. The predicted molar refractivity (Wildman–Crippen MR) is 64.2 cm³/mol. The van der Waals surface area contributed by atoms with E-state index in [9.17, 15) is 0 Å². The van der Waals surface area contributed by atoms with Crippen molar-refractivity contribution in [1.29, 1.82) is 0 Å². The summed E-state index contributed by atoms with van der Waals surface area (Å²) in [5.41, 5.74) is 1.79. The number of nitrogens with one attached hydrogen (secondary N) is 1. The van der Waals surface area contributed by atoms with E-state index in [0.717, 1.165) is 11.0 Å². The molecule has 0 radical (unpaired) electrons. The molecule has 0 spiro atoms. The number of rotatable bonds is 4. The molecular weight excluding hydrogens is 206 g/mol. The van der Waals surface area contributed by atoms with Gasteiger partial charge in [0.25, 0.3) is 0 Å². The van der Waals surface area contributed by atoms with Crippen LogP contribution in [0, 0.1) is 5.92 Å². The van der Waals surface area contributed by atoms with Crippen molar-refractivity contribution in [3.8, 4) is 0 Å². The Bertz CT molecular complexity index is 267. The van der Waals surface area contributed by atoms with E-state index in [0.29, 0.717) is 6.04 Å². The van der Waals surface area contributed by atoms with Crippen LogP contribution in [-0.2, 0) is 0 Å². The van der Waals surface area contributed by atoms with Gasteiger partial charge in [-0.25, -0.2) is 0 Å². The Hall–Kier alpha value is -0.640. The molecule has 4 heteroatoms. The number of hydrogen-bond donors (Lipinski definition) is 1. The molecule has 0 amide bonds. The molecule has 1 fully saturated rings. The summed E-state index contributed by atoms with van der Waals surface area (Å²) in [6.45, 7) is 2.26. The summed E-state index contributed by atoms with van der Waals surface area (Å²) < 4.78 is 0. The molecule has 1 aliphatic carbocycles. The fraction of sp³-hybridized carbons (Fsp3) is 0.818. The second-order valence-corrected chi connectivity index (χ2v) is 5.13. The molecular formula is C11H19N3S. The highest BCUT2D eigenvalue weighted by Gasteiger charge is 2.22. The zero-order chi connectivity index (χ0) is 10.5. The van der Waals surface area contributed by atoms with Crippen LogP contribution in [0.15, 0.2) is 5.51 Å². The van der Waals surface area contributed by atoms with Gasteiger partial charge in [-0.1, -0.05) is 37.5 Å². The smallest absolute Gasteiger partial charge is 0.205 e. The Morgan fingerprint density at radius 2 is 2.27 bits per heavy atom. The fourth-order valence-electron chi connectivity index (χ4n) is 2.48. The first-order valence-electron chi connectivity index (χ1n) is 5.93. The van der Waals surface area contributed by atoms with E-state index < -0.39 is 0 Å². The molecule has 1 aliphatic rings. The van der Waals surface area contributed by atoms with Crippen LogP contribution in [0.3, 0.4) is 0 Å². The normalized spacial score (nSPS) is 20.1. The highest BCUT2D eigenvalue weighted by atomic mass is 32.1. The van der Waals surface area contributed by atoms with Crippen molar-refractivity contribution in [3.63, 3.8) is 0 Å². The first kappa shape index (κ1) is 10.9. The number of hydrogen-bond acceptors (Lipinski definition) is 4. The molecule has 1 heterocycles. The lowest BCUT2D eigenvalue weighted by molar-refractivity contribution is 0.313. The zero-order valence-electron chi connectivity index (χ0n) is 9.28. The van der Waals surface area contributed by atoms with Gasteiger partial charge in [0.05, 0.1) is 0 Å². The van der Waals surface area contributed by atoms with Crippen LogP contribution in [0.1, 0.15) is 45.4 Å². The van der Waals surface area contributed by atoms with Crippen LogP contribution in [0.25, 0.3) is 0 Å². The van der Waals surface area contributed by atoms with Crippen molar-refractivity contribution in [2.75, 3.05) is 5.32 Å². The minimum Gasteiger partial charge on any atom is -0.357 e. The van der Waals surface area contributed by atoms with Gasteiger partial charge in [0.1, 0.15) is 5.51 Å². The van der Waals surface area contributed by atoms with Gasteiger partial charge in [0.2, 0.25) is 5.13 Å². The molecule has 0 aliphatic heterocycles. The van der Waals surface area contributed by atoms with E-state index in [1.807, 2.05) is 0 Å². The molecule has 1 saturated carbocycles. The Labute approximate surface area is 95.3 Å². The summed E-state index contributed by atoms with van der Waals surface area (Å²) in [4.78, 5) is 0. The van der Waals surface area contributed by atoms with Crippen LogP contribution < -0.4 is 5.32 Å². The highest BCUT2D eigenvalue weighted by Crippen LogP contribution is 2.29. The van der Waals surface area contributed by atoms with Crippen LogP contribution in [0.4, 0.5) is 5.13 Å². The Morgan fingerprint density at radius 1 is 1.47 bits per heavy atom. The molecule has 1 aromatic rings.